The minimum Gasteiger partial charge on any atom is -0.480 e. The SMILES string of the molecule is O=C(O)Cn1ccc2ccc(CO)cc21. The van der Waals surface area contributed by atoms with E-state index in [9.17, 15) is 4.79 Å². The van der Waals surface area contributed by atoms with Gasteiger partial charge in [-0.3, -0.25) is 4.79 Å². The third-order valence-electron chi connectivity index (χ3n) is 2.33. The predicted molar refractivity (Wildman–Crippen MR) is 55.5 cm³/mol. The van der Waals surface area contributed by atoms with Gasteiger partial charge in [0.05, 0.1) is 6.61 Å². The quantitative estimate of drug-likeness (QED) is 0.791. The van der Waals surface area contributed by atoms with Crippen LogP contribution in [0.15, 0.2) is 30.5 Å². The molecule has 0 aliphatic heterocycles. The van der Waals surface area contributed by atoms with Gasteiger partial charge in [-0.2, -0.15) is 0 Å². The number of hydrogen-bond donors (Lipinski definition) is 2. The summed E-state index contributed by atoms with van der Waals surface area (Å²) >= 11 is 0. The van der Waals surface area contributed by atoms with Crippen LogP contribution < -0.4 is 0 Å². The summed E-state index contributed by atoms with van der Waals surface area (Å²) in [5.41, 5.74) is 1.62. The minimum atomic E-state index is -0.873. The molecule has 0 atom stereocenters. The van der Waals surface area contributed by atoms with Crippen LogP contribution in [-0.4, -0.2) is 20.7 Å². The van der Waals surface area contributed by atoms with Crippen molar-refractivity contribution in [1.29, 1.82) is 0 Å². The van der Waals surface area contributed by atoms with Gasteiger partial charge in [0.15, 0.2) is 0 Å². The minimum absolute atomic E-state index is 0.0335. The van der Waals surface area contributed by atoms with E-state index in [0.717, 1.165) is 16.5 Å². The molecule has 0 saturated heterocycles. The molecule has 0 fully saturated rings. The van der Waals surface area contributed by atoms with Crippen LogP contribution in [0.1, 0.15) is 5.56 Å². The van der Waals surface area contributed by atoms with E-state index >= 15 is 0 Å². The van der Waals surface area contributed by atoms with Crippen LogP contribution >= 0.6 is 0 Å². The predicted octanol–water partition coefficient (Wildman–Crippen LogP) is 1.22. The smallest absolute Gasteiger partial charge is 0.323 e. The van der Waals surface area contributed by atoms with Crippen molar-refractivity contribution < 1.29 is 15.0 Å². The van der Waals surface area contributed by atoms with E-state index in [1.165, 1.54) is 0 Å². The number of fused-ring (bicyclic) bond motifs is 1. The first kappa shape index (κ1) is 9.73. The Balaban J connectivity index is 2.51. The van der Waals surface area contributed by atoms with Crippen LogP contribution in [-0.2, 0) is 17.9 Å². The van der Waals surface area contributed by atoms with Crippen molar-refractivity contribution in [1.82, 2.24) is 4.57 Å². The van der Waals surface area contributed by atoms with Crippen LogP contribution in [0.25, 0.3) is 10.9 Å². The number of aromatic nitrogens is 1. The Morgan fingerprint density at radius 2 is 2.13 bits per heavy atom. The molecule has 0 saturated carbocycles. The fourth-order valence-corrected chi connectivity index (χ4v) is 1.61. The number of nitrogens with zero attached hydrogens (tertiary/aromatic N) is 1. The Bertz CT molecular complexity index is 502. The Labute approximate surface area is 86.4 Å². The van der Waals surface area contributed by atoms with Crippen LogP contribution in [0.3, 0.4) is 0 Å². The molecular formula is C11H11NO3. The van der Waals surface area contributed by atoms with Crippen LogP contribution in [0.2, 0.25) is 0 Å². The number of carboxylic acid groups (broad SMARTS) is 1. The Morgan fingerprint density at radius 3 is 2.80 bits per heavy atom. The molecule has 0 aliphatic carbocycles. The lowest BCUT2D eigenvalue weighted by Gasteiger charge is -2.02. The Morgan fingerprint density at radius 1 is 1.33 bits per heavy atom. The molecule has 78 valence electrons. The summed E-state index contributed by atoms with van der Waals surface area (Å²) in [6, 6.07) is 7.37. The normalized spacial score (nSPS) is 10.7. The molecule has 0 spiro atoms. The molecule has 1 aromatic heterocycles. The highest BCUT2D eigenvalue weighted by Crippen LogP contribution is 2.17. The number of rotatable bonds is 3. The summed E-state index contributed by atoms with van der Waals surface area (Å²) in [4.78, 5) is 10.6. The standard InChI is InChI=1S/C11H11NO3/c13-7-8-1-2-9-3-4-12(6-11(14)15)10(9)5-8/h1-5,13H,6-7H2,(H,14,15). The summed E-state index contributed by atoms with van der Waals surface area (Å²) in [5.74, 6) is -0.873. The fraction of sp³-hybridized carbons (Fsp3) is 0.182. The van der Waals surface area contributed by atoms with Crippen LogP contribution in [0.4, 0.5) is 0 Å². The molecule has 4 heteroatoms. The molecule has 0 radical (unpaired) electrons. The number of carbonyl (C=O) groups is 1. The zero-order valence-electron chi connectivity index (χ0n) is 8.05. The molecule has 0 amide bonds. The van der Waals surface area contributed by atoms with Crippen molar-refractivity contribution in [3.63, 3.8) is 0 Å². The second-order valence-electron chi connectivity index (χ2n) is 3.39. The van der Waals surface area contributed by atoms with Gasteiger partial charge in [-0.25, -0.2) is 0 Å². The van der Waals surface area contributed by atoms with Crippen molar-refractivity contribution in [2.45, 2.75) is 13.2 Å². The Kier molecular flexibility index (Phi) is 2.43. The lowest BCUT2D eigenvalue weighted by molar-refractivity contribution is -0.137. The van der Waals surface area contributed by atoms with Crippen molar-refractivity contribution in [2.75, 3.05) is 0 Å². The van der Waals surface area contributed by atoms with E-state index in [1.54, 1.807) is 16.8 Å². The van der Waals surface area contributed by atoms with Crippen molar-refractivity contribution in [2.24, 2.45) is 0 Å². The maximum absolute atomic E-state index is 10.6. The van der Waals surface area contributed by atoms with Crippen molar-refractivity contribution in [3.8, 4) is 0 Å². The maximum atomic E-state index is 10.6. The average molecular weight is 205 g/mol. The molecule has 0 unspecified atom stereocenters. The molecule has 4 nitrogen and oxygen atoms in total. The largest absolute Gasteiger partial charge is 0.480 e. The monoisotopic (exact) mass is 205 g/mol. The van der Waals surface area contributed by atoms with Crippen molar-refractivity contribution in [3.05, 3.63) is 36.0 Å². The van der Waals surface area contributed by atoms with E-state index in [4.69, 9.17) is 10.2 Å². The molecule has 0 bridgehead atoms. The third-order valence-corrected chi connectivity index (χ3v) is 2.33. The number of carboxylic acids is 1. The molecule has 1 aromatic carbocycles. The van der Waals surface area contributed by atoms with Gasteiger partial charge < -0.3 is 14.8 Å². The molecule has 2 rings (SSSR count). The third kappa shape index (κ3) is 1.85. The molecular weight excluding hydrogens is 194 g/mol. The lowest BCUT2D eigenvalue weighted by Crippen LogP contribution is -2.07. The molecule has 1 heterocycles. The number of aliphatic hydroxyl groups is 1. The summed E-state index contributed by atoms with van der Waals surface area (Å²) in [6.07, 6.45) is 1.74. The van der Waals surface area contributed by atoms with Gasteiger partial charge in [-0.15, -0.1) is 0 Å². The Hall–Kier alpha value is -1.81. The van der Waals surface area contributed by atoms with E-state index < -0.39 is 5.97 Å². The lowest BCUT2D eigenvalue weighted by atomic mass is 10.2. The summed E-state index contributed by atoms with van der Waals surface area (Å²) in [7, 11) is 0. The van der Waals surface area contributed by atoms with Crippen LogP contribution in [0.5, 0.6) is 0 Å². The zero-order chi connectivity index (χ0) is 10.8. The summed E-state index contributed by atoms with van der Waals surface area (Å²) < 4.78 is 1.65. The fourth-order valence-electron chi connectivity index (χ4n) is 1.61. The highest BCUT2D eigenvalue weighted by Gasteiger charge is 2.04. The zero-order valence-corrected chi connectivity index (χ0v) is 8.05. The second kappa shape index (κ2) is 3.74. The first-order chi connectivity index (χ1) is 7.20. The number of benzene rings is 1. The summed E-state index contributed by atoms with van der Waals surface area (Å²) in [5, 5.41) is 18.7. The highest BCUT2D eigenvalue weighted by atomic mass is 16.4. The van der Waals surface area contributed by atoms with Gasteiger partial charge in [-0.1, -0.05) is 12.1 Å². The summed E-state index contributed by atoms with van der Waals surface area (Å²) in [6.45, 7) is -0.0907. The van der Waals surface area contributed by atoms with Gasteiger partial charge in [0, 0.05) is 11.7 Å². The van der Waals surface area contributed by atoms with Gasteiger partial charge in [-0.05, 0) is 23.1 Å². The van der Waals surface area contributed by atoms with Crippen molar-refractivity contribution >= 4 is 16.9 Å². The first-order valence-electron chi connectivity index (χ1n) is 4.61. The average Bonchev–Trinajstić information content (AvgIpc) is 2.60. The molecule has 15 heavy (non-hydrogen) atoms. The number of aliphatic hydroxyl groups excluding tert-OH is 1. The van der Waals surface area contributed by atoms with Gasteiger partial charge >= 0.3 is 5.97 Å². The molecule has 2 N–H and O–H groups in total. The van der Waals surface area contributed by atoms with E-state index in [-0.39, 0.29) is 13.2 Å². The number of hydrogen-bond acceptors (Lipinski definition) is 2. The van der Waals surface area contributed by atoms with E-state index in [1.807, 2.05) is 18.2 Å². The maximum Gasteiger partial charge on any atom is 0.323 e. The van der Waals surface area contributed by atoms with E-state index in [0.29, 0.717) is 0 Å². The second-order valence-corrected chi connectivity index (χ2v) is 3.39. The van der Waals surface area contributed by atoms with Gasteiger partial charge in [0.2, 0.25) is 0 Å². The first-order valence-corrected chi connectivity index (χ1v) is 4.61. The molecule has 0 aliphatic rings. The topological polar surface area (TPSA) is 62.5 Å². The van der Waals surface area contributed by atoms with Gasteiger partial charge in [0.25, 0.3) is 0 Å². The highest BCUT2D eigenvalue weighted by molar-refractivity contribution is 5.82. The number of aliphatic carboxylic acids is 1. The van der Waals surface area contributed by atoms with Crippen LogP contribution in [0, 0.1) is 0 Å². The van der Waals surface area contributed by atoms with E-state index in [2.05, 4.69) is 0 Å². The van der Waals surface area contributed by atoms with Gasteiger partial charge in [0.1, 0.15) is 6.54 Å². The molecule has 2 aromatic rings.